The van der Waals surface area contributed by atoms with Crippen molar-refractivity contribution in [3.63, 3.8) is 0 Å². The number of phenols is 1. The Hall–Kier alpha value is -4.50. The molecule has 0 radical (unpaired) electrons. The van der Waals surface area contributed by atoms with E-state index in [0.29, 0.717) is 11.3 Å². The summed E-state index contributed by atoms with van der Waals surface area (Å²) in [5, 5.41) is 44.3. The van der Waals surface area contributed by atoms with E-state index in [-0.39, 0.29) is 18.6 Å². The lowest BCUT2D eigenvalue weighted by molar-refractivity contribution is -0.143. The number of benzene rings is 1. The molecule has 0 saturated heterocycles. The smallest absolute Gasteiger partial charge is 0.326 e. The van der Waals surface area contributed by atoms with Crippen LogP contribution in [0.25, 0.3) is 0 Å². The van der Waals surface area contributed by atoms with Crippen LogP contribution >= 0.6 is 0 Å². The van der Waals surface area contributed by atoms with E-state index in [0.717, 1.165) is 0 Å². The molecule has 0 saturated carbocycles. The van der Waals surface area contributed by atoms with Gasteiger partial charge in [0.25, 0.3) is 0 Å². The number of carbonyl (C=O) groups is 5. The minimum absolute atomic E-state index is 0.0289. The molecule has 0 aliphatic carbocycles. The zero-order chi connectivity index (χ0) is 28.2. The van der Waals surface area contributed by atoms with Gasteiger partial charge in [-0.2, -0.15) is 0 Å². The number of H-pyrrole nitrogens is 1. The van der Waals surface area contributed by atoms with Crippen LogP contribution in [-0.4, -0.2) is 90.8 Å². The molecular formula is C23H30N6O9. The number of imidazole rings is 1. The minimum Gasteiger partial charge on any atom is -0.508 e. The second kappa shape index (κ2) is 14.3. The molecule has 15 heteroatoms. The van der Waals surface area contributed by atoms with Gasteiger partial charge in [-0.05, 0) is 30.5 Å². The summed E-state index contributed by atoms with van der Waals surface area (Å²) in [4.78, 5) is 67.2. The SMILES string of the molecule is NC(Cc1ccc(O)cc1)C(=O)NC(CO)C(=O)NC(CCC(=O)O)C(=O)NC(Cc1cnc[nH]1)C(=O)O. The Bertz CT molecular complexity index is 1110. The van der Waals surface area contributed by atoms with Crippen molar-refractivity contribution < 1.29 is 44.4 Å². The molecule has 0 bridgehead atoms. The molecule has 0 aliphatic heterocycles. The fourth-order valence-electron chi connectivity index (χ4n) is 3.35. The van der Waals surface area contributed by atoms with Gasteiger partial charge in [0.05, 0.1) is 19.0 Å². The average Bonchev–Trinajstić information content (AvgIpc) is 3.38. The summed E-state index contributed by atoms with van der Waals surface area (Å²) in [6.07, 6.45) is 1.66. The van der Waals surface area contributed by atoms with Gasteiger partial charge < -0.3 is 47.1 Å². The Labute approximate surface area is 216 Å². The van der Waals surface area contributed by atoms with E-state index in [1.807, 2.05) is 0 Å². The number of rotatable bonds is 15. The number of phenolic OH excluding ortho intramolecular Hbond substituents is 1. The van der Waals surface area contributed by atoms with Crippen molar-refractivity contribution in [2.45, 2.75) is 49.9 Å². The van der Waals surface area contributed by atoms with Crippen LogP contribution in [0, 0.1) is 0 Å². The first kappa shape index (κ1) is 29.7. The number of hydrogen-bond acceptors (Lipinski definition) is 9. The molecule has 1 aromatic heterocycles. The van der Waals surface area contributed by atoms with E-state index < -0.39 is 73.3 Å². The molecule has 1 aromatic carbocycles. The second-order valence-electron chi connectivity index (χ2n) is 8.39. The highest BCUT2D eigenvalue weighted by molar-refractivity contribution is 5.94. The lowest BCUT2D eigenvalue weighted by Gasteiger charge is -2.24. The average molecular weight is 535 g/mol. The maximum absolute atomic E-state index is 12.8. The molecule has 1 heterocycles. The third kappa shape index (κ3) is 9.51. The van der Waals surface area contributed by atoms with Crippen molar-refractivity contribution in [2.24, 2.45) is 5.73 Å². The van der Waals surface area contributed by atoms with Crippen molar-refractivity contribution >= 4 is 29.7 Å². The number of aliphatic hydroxyl groups excluding tert-OH is 1. The van der Waals surface area contributed by atoms with Gasteiger partial charge in [-0.25, -0.2) is 9.78 Å². The summed E-state index contributed by atoms with van der Waals surface area (Å²) in [6, 6.07) is 0.381. The Kier molecular flexibility index (Phi) is 11.2. The lowest BCUT2D eigenvalue weighted by Crippen LogP contribution is -2.58. The standard InChI is InChI=1S/C23H30N6O9/c24-15(7-12-1-3-14(31)4-2-12)20(34)29-18(10-30)22(36)27-16(5-6-19(32)33)21(35)28-17(23(37)38)8-13-9-25-11-26-13/h1-4,9,11,15-18,30-31H,5-8,10,24H2,(H,25,26)(H,27,36)(H,28,35)(H,29,34)(H,32,33)(H,37,38). The van der Waals surface area contributed by atoms with Crippen LogP contribution in [0.15, 0.2) is 36.8 Å². The Morgan fingerprint density at radius 3 is 2.05 bits per heavy atom. The summed E-state index contributed by atoms with van der Waals surface area (Å²) in [5.74, 6) is -5.39. The van der Waals surface area contributed by atoms with Gasteiger partial charge in [0.1, 0.15) is 23.9 Å². The molecule has 0 aliphatic rings. The summed E-state index contributed by atoms with van der Waals surface area (Å²) in [5.41, 5.74) is 6.92. The minimum atomic E-state index is -1.53. The van der Waals surface area contributed by atoms with Crippen molar-refractivity contribution in [1.29, 1.82) is 0 Å². The zero-order valence-electron chi connectivity index (χ0n) is 20.2. The number of aliphatic hydroxyl groups is 1. The third-order valence-corrected chi connectivity index (χ3v) is 5.42. The lowest BCUT2D eigenvalue weighted by atomic mass is 10.1. The Morgan fingerprint density at radius 1 is 0.895 bits per heavy atom. The predicted molar refractivity (Wildman–Crippen MR) is 129 cm³/mol. The largest absolute Gasteiger partial charge is 0.508 e. The van der Waals surface area contributed by atoms with Crippen molar-refractivity contribution in [3.8, 4) is 5.75 Å². The third-order valence-electron chi connectivity index (χ3n) is 5.42. The number of nitrogens with two attached hydrogens (primary N) is 1. The fraction of sp³-hybridized carbons (Fsp3) is 0.391. The van der Waals surface area contributed by atoms with Crippen LogP contribution in [0.5, 0.6) is 5.75 Å². The summed E-state index contributed by atoms with van der Waals surface area (Å²) in [6.45, 7) is -0.867. The Morgan fingerprint density at radius 2 is 1.50 bits per heavy atom. The van der Waals surface area contributed by atoms with Crippen LogP contribution in [-0.2, 0) is 36.8 Å². The van der Waals surface area contributed by atoms with E-state index in [1.54, 1.807) is 12.1 Å². The molecule has 4 unspecified atom stereocenters. The molecule has 0 fully saturated rings. The number of aliphatic carboxylic acids is 2. The van der Waals surface area contributed by atoms with Gasteiger partial charge in [-0.3, -0.25) is 19.2 Å². The van der Waals surface area contributed by atoms with Gasteiger partial charge in [0.2, 0.25) is 17.7 Å². The van der Waals surface area contributed by atoms with E-state index in [9.17, 15) is 39.3 Å². The maximum Gasteiger partial charge on any atom is 0.326 e. The Balaban J connectivity index is 2.05. The van der Waals surface area contributed by atoms with Crippen LogP contribution in [0.3, 0.4) is 0 Å². The number of nitrogens with one attached hydrogen (secondary N) is 4. The number of nitrogens with zero attached hydrogens (tertiary/aromatic N) is 1. The molecule has 38 heavy (non-hydrogen) atoms. The summed E-state index contributed by atoms with van der Waals surface area (Å²) >= 11 is 0. The van der Waals surface area contributed by atoms with E-state index in [4.69, 9.17) is 10.8 Å². The maximum atomic E-state index is 12.8. The number of aromatic amines is 1. The zero-order valence-corrected chi connectivity index (χ0v) is 20.2. The van der Waals surface area contributed by atoms with Crippen molar-refractivity contribution in [1.82, 2.24) is 25.9 Å². The number of carboxylic acid groups (broad SMARTS) is 2. The molecule has 206 valence electrons. The molecule has 15 nitrogen and oxygen atoms in total. The normalized spacial score (nSPS) is 13.9. The quantitative estimate of drug-likeness (QED) is 0.117. The first-order chi connectivity index (χ1) is 18.0. The molecule has 3 amide bonds. The second-order valence-corrected chi connectivity index (χ2v) is 8.39. The predicted octanol–water partition coefficient (Wildman–Crippen LogP) is -2.38. The molecule has 4 atom stereocenters. The fourth-order valence-corrected chi connectivity index (χ4v) is 3.35. The summed E-state index contributed by atoms with van der Waals surface area (Å²) in [7, 11) is 0. The molecular weight excluding hydrogens is 504 g/mol. The van der Waals surface area contributed by atoms with Gasteiger partial charge in [-0.1, -0.05) is 12.1 Å². The highest BCUT2D eigenvalue weighted by atomic mass is 16.4. The van der Waals surface area contributed by atoms with Gasteiger partial charge in [0, 0.05) is 24.7 Å². The topological polar surface area (TPSA) is 257 Å². The van der Waals surface area contributed by atoms with Crippen molar-refractivity contribution in [3.05, 3.63) is 48.0 Å². The monoisotopic (exact) mass is 534 g/mol. The van der Waals surface area contributed by atoms with E-state index in [2.05, 4.69) is 25.9 Å². The highest BCUT2D eigenvalue weighted by Crippen LogP contribution is 2.11. The molecule has 2 aromatic rings. The molecule has 2 rings (SSSR count). The van der Waals surface area contributed by atoms with Crippen LogP contribution in [0.1, 0.15) is 24.1 Å². The number of carbonyl (C=O) groups excluding carboxylic acids is 3. The van der Waals surface area contributed by atoms with E-state index >= 15 is 0 Å². The first-order valence-electron chi connectivity index (χ1n) is 11.5. The van der Waals surface area contributed by atoms with Gasteiger partial charge >= 0.3 is 11.9 Å². The number of aromatic nitrogens is 2. The van der Waals surface area contributed by atoms with E-state index in [1.165, 1.54) is 24.7 Å². The number of hydrogen-bond donors (Lipinski definition) is 9. The van der Waals surface area contributed by atoms with Crippen LogP contribution in [0.2, 0.25) is 0 Å². The first-order valence-corrected chi connectivity index (χ1v) is 11.5. The van der Waals surface area contributed by atoms with Gasteiger partial charge in [-0.15, -0.1) is 0 Å². The highest BCUT2D eigenvalue weighted by Gasteiger charge is 2.30. The molecule has 0 spiro atoms. The van der Waals surface area contributed by atoms with Gasteiger partial charge in [0.15, 0.2) is 0 Å². The van der Waals surface area contributed by atoms with Crippen LogP contribution < -0.4 is 21.7 Å². The summed E-state index contributed by atoms with van der Waals surface area (Å²) < 4.78 is 0. The van der Waals surface area contributed by atoms with Crippen LogP contribution in [0.4, 0.5) is 0 Å². The number of carboxylic acids is 2. The number of aromatic hydroxyl groups is 1. The molecule has 10 N–H and O–H groups in total. The van der Waals surface area contributed by atoms with Crippen molar-refractivity contribution in [2.75, 3.05) is 6.61 Å². The number of amides is 3.